The van der Waals surface area contributed by atoms with Gasteiger partial charge in [-0.2, -0.15) is 5.10 Å². The monoisotopic (exact) mass is 437 g/mol. The van der Waals surface area contributed by atoms with Gasteiger partial charge in [0.05, 0.1) is 45.7 Å². The van der Waals surface area contributed by atoms with Gasteiger partial charge in [0.15, 0.2) is 0 Å². The van der Waals surface area contributed by atoms with Gasteiger partial charge < -0.3 is 14.2 Å². The highest BCUT2D eigenvalue weighted by Crippen LogP contribution is 2.39. The molecule has 2 aromatic carbocycles. The van der Waals surface area contributed by atoms with Crippen molar-refractivity contribution in [2.75, 3.05) is 47.1 Å². The van der Waals surface area contributed by atoms with E-state index in [9.17, 15) is 4.79 Å². The zero-order valence-corrected chi connectivity index (χ0v) is 19.3. The zero-order valence-electron chi connectivity index (χ0n) is 19.3. The van der Waals surface area contributed by atoms with Crippen molar-refractivity contribution in [2.24, 2.45) is 5.10 Å². The van der Waals surface area contributed by atoms with E-state index in [0.717, 1.165) is 35.5 Å². The van der Waals surface area contributed by atoms with Crippen molar-refractivity contribution in [3.63, 3.8) is 0 Å². The molecule has 2 aliphatic heterocycles. The lowest BCUT2D eigenvalue weighted by atomic mass is 9.94. The van der Waals surface area contributed by atoms with Crippen molar-refractivity contribution in [2.45, 2.75) is 26.3 Å². The molecular formula is C25H31N3O4. The van der Waals surface area contributed by atoms with Crippen LogP contribution in [-0.2, 0) is 9.53 Å². The highest BCUT2D eigenvalue weighted by molar-refractivity contribution is 6.04. The molecule has 170 valence electrons. The molecule has 1 amide bonds. The quantitative estimate of drug-likeness (QED) is 0.694. The minimum absolute atomic E-state index is 0.0184. The number of ether oxygens (including phenoxy) is 3. The summed E-state index contributed by atoms with van der Waals surface area (Å²) in [5.41, 5.74) is 5.25. The molecule has 0 spiro atoms. The van der Waals surface area contributed by atoms with Crippen LogP contribution in [0.2, 0.25) is 0 Å². The number of benzene rings is 2. The van der Waals surface area contributed by atoms with Crippen molar-refractivity contribution < 1.29 is 19.0 Å². The van der Waals surface area contributed by atoms with Gasteiger partial charge in [0, 0.05) is 36.7 Å². The average molecular weight is 438 g/mol. The SMILES string of the molecule is COc1ccc([C@H]2CC(c3cc(C)ccc3C)=NN2C(=O)CN2CCOCC2)c(OC)c1. The summed E-state index contributed by atoms with van der Waals surface area (Å²) in [6, 6.07) is 11.8. The summed E-state index contributed by atoms with van der Waals surface area (Å²) in [7, 11) is 3.27. The summed E-state index contributed by atoms with van der Waals surface area (Å²) in [5.74, 6) is 1.39. The van der Waals surface area contributed by atoms with E-state index in [0.29, 0.717) is 37.7 Å². The van der Waals surface area contributed by atoms with Gasteiger partial charge in [-0.1, -0.05) is 17.7 Å². The van der Waals surface area contributed by atoms with E-state index in [2.05, 4.69) is 36.9 Å². The first-order chi connectivity index (χ1) is 15.5. The van der Waals surface area contributed by atoms with Crippen LogP contribution >= 0.6 is 0 Å². The predicted octanol–water partition coefficient (Wildman–Crippen LogP) is 3.33. The number of aryl methyl sites for hydroxylation is 2. The first kappa shape index (κ1) is 22.3. The highest BCUT2D eigenvalue weighted by Gasteiger charge is 2.36. The molecule has 32 heavy (non-hydrogen) atoms. The summed E-state index contributed by atoms with van der Waals surface area (Å²) in [6.45, 7) is 7.29. The summed E-state index contributed by atoms with van der Waals surface area (Å²) in [4.78, 5) is 15.5. The average Bonchev–Trinajstić information content (AvgIpc) is 3.26. The Morgan fingerprint density at radius 1 is 1.09 bits per heavy atom. The lowest BCUT2D eigenvalue weighted by Gasteiger charge is -2.29. The van der Waals surface area contributed by atoms with Crippen LogP contribution < -0.4 is 9.47 Å². The Bertz CT molecular complexity index is 1010. The number of nitrogens with zero attached hydrogens (tertiary/aromatic N) is 3. The van der Waals surface area contributed by atoms with E-state index in [1.165, 1.54) is 5.56 Å². The zero-order chi connectivity index (χ0) is 22.7. The molecule has 1 saturated heterocycles. The minimum Gasteiger partial charge on any atom is -0.497 e. The van der Waals surface area contributed by atoms with Crippen molar-refractivity contribution in [1.29, 1.82) is 0 Å². The third-order valence-electron chi connectivity index (χ3n) is 6.13. The maximum Gasteiger partial charge on any atom is 0.257 e. The number of methoxy groups -OCH3 is 2. The molecule has 0 bridgehead atoms. The lowest BCUT2D eigenvalue weighted by Crippen LogP contribution is -2.43. The fourth-order valence-electron chi connectivity index (χ4n) is 4.31. The number of amides is 1. The van der Waals surface area contributed by atoms with Crippen molar-refractivity contribution in [1.82, 2.24) is 9.91 Å². The van der Waals surface area contributed by atoms with Crippen LogP contribution in [-0.4, -0.2) is 68.6 Å². The Morgan fingerprint density at radius 3 is 2.59 bits per heavy atom. The normalized spacial score (nSPS) is 19.1. The molecule has 1 atom stereocenters. The minimum atomic E-state index is -0.237. The van der Waals surface area contributed by atoms with Gasteiger partial charge >= 0.3 is 0 Å². The number of rotatable bonds is 6. The first-order valence-corrected chi connectivity index (χ1v) is 11.0. The number of morpholine rings is 1. The first-order valence-electron chi connectivity index (χ1n) is 11.0. The van der Waals surface area contributed by atoms with E-state index >= 15 is 0 Å². The topological polar surface area (TPSA) is 63.6 Å². The van der Waals surface area contributed by atoms with Crippen LogP contribution in [0, 0.1) is 13.8 Å². The molecule has 4 rings (SSSR count). The maximum atomic E-state index is 13.4. The number of hydrogen-bond donors (Lipinski definition) is 0. The van der Waals surface area contributed by atoms with Crippen LogP contribution in [0.3, 0.4) is 0 Å². The smallest absolute Gasteiger partial charge is 0.257 e. The molecule has 0 aromatic heterocycles. The van der Waals surface area contributed by atoms with E-state index in [1.54, 1.807) is 19.2 Å². The summed E-state index contributed by atoms with van der Waals surface area (Å²) >= 11 is 0. The van der Waals surface area contributed by atoms with E-state index in [-0.39, 0.29) is 11.9 Å². The number of carbonyl (C=O) groups is 1. The molecule has 7 nitrogen and oxygen atoms in total. The van der Waals surface area contributed by atoms with Gasteiger partial charge in [-0.05, 0) is 37.6 Å². The molecule has 2 aliphatic rings. The van der Waals surface area contributed by atoms with Crippen LogP contribution in [0.4, 0.5) is 0 Å². The van der Waals surface area contributed by atoms with Crippen molar-refractivity contribution in [3.05, 3.63) is 58.7 Å². The number of hydrazone groups is 1. The fraction of sp³-hybridized carbons (Fsp3) is 0.440. The van der Waals surface area contributed by atoms with Crippen LogP contribution in [0.1, 0.15) is 34.7 Å². The Labute approximate surface area is 189 Å². The third-order valence-corrected chi connectivity index (χ3v) is 6.13. The largest absolute Gasteiger partial charge is 0.497 e. The second-order valence-corrected chi connectivity index (χ2v) is 8.32. The Balaban J connectivity index is 1.69. The Hall–Kier alpha value is -2.90. The van der Waals surface area contributed by atoms with Crippen molar-refractivity contribution >= 4 is 11.6 Å². The number of carbonyl (C=O) groups excluding carboxylic acids is 1. The Morgan fingerprint density at radius 2 is 1.88 bits per heavy atom. The van der Waals surface area contributed by atoms with Crippen LogP contribution in [0.25, 0.3) is 0 Å². The van der Waals surface area contributed by atoms with Crippen LogP contribution in [0.15, 0.2) is 41.5 Å². The molecule has 2 aromatic rings. The highest BCUT2D eigenvalue weighted by atomic mass is 16.5. The molecule has 0 N–H and O–H groups in total. The molecule has 7 heteroatoms. The van der Waals surface area contributed by atoms with Gasteiger partial charge in [0.25, 0.3) is 5.91 Å². The molecule has 0 saturated carbocycles. The van der Waals surface area contributed by atoms with Gasteiger partial charge in [-0.25, -0.2) is 5.01 Å². The summed E-state index contributed by atoms with van der Waals surface area (Å²) < 4.78 is 16.5. The third kappa shape index (κ3) is 4.64. The molecule has 0 aliphatic carbocycles. The second kappa shape index (κ2) is 9.71. The fourth-order valence-corrected chi connectivity index (χ4v) is 4.31. The predicted molar refractivity (Wildman–Crippen MR) is 123 cm³/mol. The standard InChI is InChI=1S/C25H31N3O4/c1-17-5-6-18(2)21(13-17)22-15-23(20-8-7-19(30-3)14-24(20)31-4)28(26-22)25(29)16-27-9-11-32-12-10-27/h5-8,13-14,23H,9-12,15-16H2,1-4H3/t23-/m1/s1. The molecule has 1 fully saturated rings. The molecular weight excluding hydrogens is 406 g/mol. The maximum absolute atomic E-state index is 13.4. The number of hydrogen-bond acceptors (Lipinski definition) is 6. The second-order valence-electron chi connectivity index (χ2n) is 8.32. The Kier molecular flexibility index (Phi) is 6.77. The molecule has 0 radical (unpaired) electrons. The van der Waals surface area contributed by atoms with Gasteiger partial charge in [-0.15, -0.1) is 0 Å². The lowest BCUT2D eigenvalue weighted by molar-refractivity contribution is -0.135. The van der Waals surface area contributed by atoms with E-state index in [1.807, 2.05) is 18.2 Å². The summed E-state index contributed by atoms with van der Waals surface area (Å²) in [5, 5.41) is 6.51. The molecule has 0 unspecified atom stereocenters. The van der Waals surface area contributed by atoms with Gasteiger partial charge in [0.1, 0.15) is 11.5 Å². The van der Waals surface area contributed by atoms with E-state index < -0.39 is 0 Å². The summed E-state index contributed by atoms with van der Waals surface area (Å²) in [6.07, 6.45) is 0.627. The van der Waals surface area contributed by atoms with Crippen LogP contribution in [0.5, 0.6) is 11.5 Å². The van der Waals surface area contributed by atoms with E-state index in [4.69, 9.17) is 19.3 Å². The van der Waals surface area contributed by atoms with Gasteiger partial charge in [0.2, 0.25) is 0 Å². The molecule has 2 heterocycles. The van der Waals surface area contributed by atoms with Crippen molar-refractivity contribution in [3.8, 4) is 11.5 Å². The van der Waals surface area contributed by atoms with Gasteiger partial charge in [-0.3, -0.25) is 9.69 Å².